The predicted octanol–water partition coefficient (Wildman–Crippen LogP) is 1.74. The summed E-state index contributed by atoms with van der Waals surface area (Å²) < 4.78 is 10.3. The number of anilines is 1. The van der Waals surface area contributed by atoms with E-state index in [2.05, 4.69) is 15.6 Å². The van der Waals surface area contributed by atoms with Crippen LogP contribution in [0.5, 0.6) is 11.5 Å². The molecule has 7 nitrogen and oxygen atoms in total. The van der Waals surface area contributed by atoms with Crippen molar-refractivity contribution in [2.24, 2.45) is 0 Å². The molecule has 2 rings (SSSR count). The highest BCUT2D eigenvalue weighted by atomic mass is 16.5. The van der Waals surface area contributed by atoms with Crippen LogP contribution in [0.4, 0.5) is 5.69 Å². The smallest absolute Gasteiger partial charge is 0.233 e. The van der Waals surface area contributed by atoms with Crippen LogP contribution in [0.25, 0.3) is 0 Å². The molecule has 0 saturated heterocycles. The molecule has 0 bridgehead atoms. The number of nitrogens with zero attached hydrogens (tertiary/aromatic N) is 1. The first kappa shape index (κ1) is 17.3. The Hall–Kier alpha value is -3.09. The van der Waals surface area contributed by atoms with Gasteiger partial charge in [-0.3, -0.25) is 14.6 Å². The number of aromatic nitrogens is 1. The van der Waals surface area contributed by atoms with Crippen molar-refractivity contribution in [3.8, 4) is 11.5 Å². The number of hydrogen-bond donors (Lipinski definition) is 2. The van der Waals surface area contributed by atoms with Gasteiger partial charge in [-0.25, -0.2) is 0 Å². The molecule has 0 atom stereocenters. The van der Waals surface area contributed by atoms with Crippen LogP contribution in [0, 0.1) is 0 Å². The van der Waals surface area contributed by atoms with Crippen molar-refractivity contribution in [1.82, 2.24) is 10.3 Å². The summed E-state index contributed by atoms with van der Waals surface area (Å²) in [7, 11) is 3.03. The third-order valence-electron chi connectivity index (χ3n) is 3.24. The van der Waals surface area contributed by atoms with Crippen molar-refractivity contribution in [3.63, 3.8) is 0 Å². The molecule has 1 aromatic heterocycles. The average molecular weight is 329 g/mol. The zero-order valence-electron chi connectivity index (χ0n) is 13.5. The van der Waals surface area contributed by atoms with Crippen LogP contribution < -0.4 is 20.1 Å². The van der Waals surface area contributed by atoms with Crippen molar-refractivity contribution < 1.29 is 19.1 Å². The molecule has 0 saturated carbocycles. The lowest BCUT2D eigenvalue weighted by Crippen LogP contribution is -2.27. The van der Waals surface area contributed by atoms with Gasteiger partial charge in [0.1, 0.15) is 17.9 Å². The molecule has 0 fully saturated rings. The molecule has 0 aliphatic carbocycles. The molecule has 2 N–H and O–H groups in total. The number of amides is 2. The Balaban J connectivity index is 1.87. The van der Waals surface area contributed by atoms with Gasteiger partial charge >= 0.3 is 0 Å². The highest BCUT2D eigenvalue weighted by Gasteiger charge is 2.12. The van der Waals surface area contributed by atoms with E-state index in [-0.39, 0.29) is 12.3 Å². The van der Waals surface area contributed by atoms with Gasteiger partial charge in [-0.1, -0.05) is 0 Å². The fourth-order valence-corrected chi connectivity index (χ4v) is 2.01. The second kappa shape index (κ2) is 8.52. The third kappa shape index (κ3) is 4.98. The number of rotatable bonds is 7. The SMILES string of the molecule is COc1ccc(NC(=O)CC(=O)NCc2ccncc2)c(OC)c1. The van der Waals surface area contributed by atoms with Gasteiger partial charge in [0.25, 0.3) is 0 Å². The quantitative estimate of drug-likeness (QED) is 0.755. The lowest BCUT2D eigenvalue weighted by molar-refractivity contribution is -0.126. The maximum absolute atomic E-state index is 12.0. The Morgan fingerprint density at radius 2 is 1.79 bits per heavy atom. The highest BCUT2D eigenvalue weighted by molar-refractivity contribution is 6.04. The molecule has 2 aromatic rings. The zero-order chi connectivity index (χ0) is 17.4. The molecule has 0 spiro atoms. The summed E-state index contributed by atoms with van der Waals surface area (Å²) in [6, 6.07) is 8.59. The van der Waals surface area contributed by atoms with Gasteiger partial charge in [0.05, 0.1) is 19.9 Å². The van der Waals surface area contributed by atoms with E-state index >= 15 is 0 Å². The molecular formula is C17H19N3O4. The zero-order valence-corrected chi connectivity index (χ0v) is 13.5. The van der Waals surface area contributed by atoms with Gasteiger partial charge in [0.15, 0.2) is 0 Å². The first-order valence-electron chi connectivity index (χ1n) is 7.30. The van der Waals surface area contributed by atoms with Gasteiger partial charge in [-0.15, -0.1) is 0 Å². The number of hydrogen-bond acceptors (Lipinski definition) is 5. The van der Waals surface area contributed by atoms with Gasteiger partial charge in [0, 0.05) is 25.0 Å². The van der Waals surface area contributed by atoms with Crippen LogP contribution in [0.1, 0.15) is 12.0 Å². The van der Waals surface area contributed by atoms with Gasteiger partial charge in [0.2, 0.25) is 11.8 Å². The van der Waals surface area contributed by atoms with Gasteiger partial charge in [-0.05, 0) is 29.8 Å². The lowest BCUT2D eigenvalue weighted by Gasteiger charge is -2.11. The molecular weight excluding hydrogens is 310 g/mol. The van der Waals surface area contributed by atoms with E-state index in [9.17, 15) is 9.59 Å². The van der Waals surface area contributed by atoms with E-state index in [4.69, 9.17) is 9.47 Å². The summed E-state index contributed by atoms with van der Waals surface area (Å²) in [4.78, 5) is 27.7. The minimum absolute atomic E-state index is 0.278. The minimum atomic E-state index is -0.425. The van der Waals surface area contributed by atoms with Crippen LogP contribution in [0.2, 0.25) is 0 Å². The second-order valence-electron chi connectivity index (χ2n) is 4.92. The topological polar surface area (TPSA) is 89.5 Å². The number of benzene rings is 1. The molecule has 1 aromatic carbocycles. The standard InChI is InChI=1S/C17H19N3O4/c1-23-13-3-4-14(15(9-13)24-2)20-17(22)10-16(21)19-11-12-5-7-18-8-6-12/h3-9H,10-11H2,1-2H3,(H,19,21)(H,20,22). The van der Waals surface area contributed by atoms with E-state index in [0.717, 1.165) is 5.56 Å². The van der Waals surface area contributed by atoms with Crippen LogP contribution in [-0.2, 0) is 16.1 Å². The Kier molecular flexibility index (Phi) is 6.13. The molecule has 24 heavy (non-hydrogen) atoms. The summed E-state index contributed by atoms with van der Waals surface area (Å²) in [6.45, 7) is 0.348. The van der Waals surface area contributed by atoms with Crippen molar-refractivity contribution in [2.45, 2.75) is 13.0 Å². The first-order valence-corrected chi connectivity index (χ1v) is 7.30. The van der Waals surface area contributed by atoms with E-state index in [1.54, 1.807) is 49.8 Å². The fraction of sp³-hybridized carbons (Fsp3) is 0.235. The summed E-state index contributed by atoms with van der Waals surface area (Å²) in [6.07, 6.45) is 3.01. The molecule has 1 heterocycles. The molecule has 7 heteroatoms. The molecule has 0 unspecified atom stereocenters. The van der Waals surface area contributed by atoms with Crippen LogP contribution in [0.15, 0.2) is 42.7 Å². The molecule has 2 amide bonds. The fourth-order valence-electron chi connectivity index (χ4n) is 2.01. The summed E-state index contributed by atoms with van der Waals surface area (Å²) >= 11 is 0. The van der Waals surface area contributed by atoms with Gasteiger partial charge in [-0.2, -0.15) is 0 Å². The number of pyridine rings is 1. The van der Waals surface area contributed by atoms with Crippen LogP contribution >= 0.6 is 0 Å². The maximum atomic E-state index is 12.0. The minimum Gasteiger partial charge on any atom is -0.497 e. The lowest BCUT2D eigenvalue weighted by atomic mass is 10.2. The maximum Gasteiger partial charge on any atom is 0.233 e. The van der Waals surface area contributed by atoms with Crippen LogP contribution in [0.3, 0.4) is 0 Å². The Bertz CT molecular complexity index is 704. The van der Waals surface area contributed by atoms with E-state index < -0.39 is 5.91 Å². The Labute approximate surface area is 140 Å². The number of carbonyl (C=O) groups is 2. The van der Waals surface area contributed by atoms with Crippen LogP contribution in [-0.4, -0.2) is 31.0 Å². The van der Waals surface area contributed by atoms with E-state index in [0.29, 0.717) is 23.7 Å². The highest BCUT2D eigenvalue weighted by Crippen LogP contribution is 2.29. The summed E-state index contributed by atoms with van der Waals surface area (Å²) in [5, 5.41) is 5.34. The monoisotopic (exact) mass is 329 g/mol. The van der Waals surface area contributed by atoms with Crippen molar-refractivity contribution in [1.29, 1.82) is 0 Å². The largest absolute Gasteiger partial charge is 0.497 e. The van der Waals surface area contributed by atoms with Crippen molar-refractivity contribution in [2.75, 3.05) is 19.5 Å². The molecule has 0 radical (unpaired) electrons. The predicted molar refractivity (Wildman–Crippen MR) is 88.9 cm³/mol. The van der Waals surface area contributed by atoms with Crippen molar-refractivity contribution in [3.05, 3.63) is 48.3 Å². The van der Waals surface area contributed by atoms with E-state index in [1.165, 1.54) is 7.11 Å². The van der Waals surface area contributed by atoms with Crippen molar-refractivity contribution >= 4 is 17.5 Å². The Morgan fingerprint density at radius 3 is 2.46 bits per heavy atom. The average Bonchev–Trinajstić information content (AvgIpc) is 2.61. The Morgan fingerprint density at radius 1 is 1.04 bits per heavy atom. The van der Waals surface area contributed by atoms with Gasteiger partial charge < -0.3 is 20.1 Å². The molecule has 0 aliphatic rings. The number of methoxy groups -OCH3 is 2. The van der Waals surface area contributed by atoms with E-state index in [1.807, 2.05) is 0 Å². The number of carbonyl (C=O) groups excluding carboxylic acids is 2. The second-order valence-corrected chi connectivity index (χ2v) is 4.92. The molecule has 126 valence electrons. The number of ether oxygens (including phenoxy) is 2. The first-order chi connectivity index (χ1) is 11.6. The summed E-state index contributed by atoms with van der Waals surface area (Å²) in [5.74, 6) is 0.280. The number of nitrogens with one attached hydrogen (secondary N) is 2. The molecule has 0 aliphatic heterocycles. The third-order valence-corrected chi connectivity index (χ3v) is 3.24. The summed E-state index contributed by atoms with van der Waals surface area (Å²) in [5.41, 5.74) is 1.39. The normalized spacial score (nSPS) is 9.92.